The summed E-state index contributed by atoms with van der Waals surface area (Å²) in [5.41, 5.74) is 1.22. The molecule has 0 aromatic heterocycles. The molecule has 0 aliphatic heterocycles. The number of carbonyl (C=O) groups excluding carboxylic acids is 2. The summed E-state index contributed by atoms with van der Waals surface area (Å²) < 4.78 is 0. The summed E-state index contributed by atoms with van der Waals surface area (Å²) in [4.78, 5) is 18.7. The minimum atomic E-state index is 0. The molecule has 0 unspecified atom stereocenters. The van der Waals surface area contributed by atoms with Crippen LogP contribution in [-0.2, 0) is 9.59 Å². The van der Waals surface area contributed by atoms with Crippen molar-refractivity contribution in [3.05, 3.63) is 0 Å². The Bertz CT molecular complexity index is 49.7. The fourth-order valence-corrected chi connectivity index (χ4v) is 0.408. The van der Waals surface area contributed by atoms with Gasteiger partial charge in [0.1, 0.15) is 0 Å². The van der Waals surface area contributed by atoms with Crippen molar-refractivity contribution >= 4 is 62.4 Å². The zero-order valence-electron chi connectivity index (χ0n) is 2.79. The van der Waals surface area contributed by atoms with Gasteiger partial charge in [0.15, 0.2) is 11.2 Å². The average molecular weight is 146 g/mol. The molecule has 0 fully saturated rings. The minimum absolute atomic E-state index is 0. The van der Waals surface area contributed by atoms with E-state index in [2.05, 4.69) is 0 Å². The van der Waals surface area contributed by atoms with E-state index in [0.717, 1.165) is 21.6 Å². The van der Waals surface area contributed by atoms with Gasteiger partial charge in [-0.05, 0) is 21.6 Å². The molecular weight excluding hydrogens is 143 g/mol. The molecule has 2 nitrogen and oxygen atoms in total. The number of carbonyl (C=O) groups is 2. The van der Waals surface area contributed by atoms with E-state index in [-0.39, 0.29) is 29.6 Å². The Morgan fingerprint density at radius 1 is 1.00 bits per heavy atom. The van der Waals surface area contributed by atoms with Gasteiger partial charge in [-0.3, -0.25) is 9.59 Å². The van der Waals surface area contributed by atoms with Gasteiger partial charge in [0.25, 0.3) is 0 Å². The van der Waals surface area contributed by atoms with Gasteiger partial charge in [0.2, 0.25) is 0 Å². The van der Waals surface area contributed by atoms with Crippen molar-refractivity contribution in [2.45, 2.75) is 0 Å². The molecule has 0 rings (SSSR count). The summed E-state index contributed by atoms with van der Waals surface area (Å²) in [6.07, 6.45) is 0. The van der Waals surface area contributed by atoms with E-state index >= 15 is 0 Å². The number of hydrogen-bond donors (Lipinski definition) is 0. The molecule has 0 aromatic rings. The van der Waals surface area contributed by atoms with E-state index < -0.39 is 0 Å². The molecule has 36 valence electrons. The summed E-state index contributed by atoms with van der Waals surface area (Å²) in [7, 11) is 1.75. The Hall–Kier alpha value is 1.04. The van der Waals surface area contributed by atoms with Gasteiger partial charge in [-0.25, -0.2) is 0 Å². The van der Waals surface area contributed by atoms with Crippen LogP contribution in [0.1, 0.15) is 0 Å². The van der Waals surface area contributed by atoms with E-state index in [4.69, 9.17) is 0 Å². The Morgan fingerprint density at radius 3 is 1.43 bits per heavy atom. The van der Waals surface area contributed by atoms with Crippen LogP contribution >= 0.6 is 21.6 Å². The first-order valence-corrected chi connectivity index (χ1v) is 3.39. The fraction of sp³-hybridized carbons (Fsp3) is 0. The predicted molar refractivity (Wildman–Crippen MR) is 35.8 cm³/mol. The summed E-state index contributed by atoms with van der Waals surface area (Å²) in [6, 6.07) is 0. The average Bonchev–Trinajstić information content (AvgIpc) is 1.61. The molecular formula is C2H3NaO2S2. The van der Waals surface area contributed by atoms with Crippen molar-refractivity contribution in [1.82, 2.24) is 0 Å². The first-order valence-electron chi connectivity index (χ1n) is 1.11. The first kappa shape index (κ1) is 10.9. The van der Waals surface area contributed by atoms with Crippen molar-refractivity contribution < 1.29 is 9.59 Å². The molecule has 0 saturated carbocycles. The molecule has 0 bridgehead atoms. The van der Waals surface area contributed by atoms with Crippen molar-refractivity contribution in [2.75, 3.05) is 0 Å². The van der Waals surface area contributed by atoms with Crippen LogP contribution in [-0.4, -0.2) is 40.8 Å². The van der Waals surface area contributed by atoms with Crippen LogP contribution in [0, 0.1) is 0 Å². The summed E-state index contributed by atoms with van der Waals surface area (Å²) in [6.45, 7) is 0. The van der Waals surface area contributed by atoms with Crippen LogP contribution in [0.25, 0.3) is 0 Å². The van der Waals surface area contributed by atoms with Crippen LogP contribution in [0.5, 0.6) is 0 Å². The Balaban J connectivity index is 0. The van der Waals surface area contributed by atoms with E-state index in [9.17, 15) is 9.59 Å². The normalized spacial score (nSPS) is 6.29. The van der Waals surface area contributed by atoms with Gasteiger partial charge < -0.3 is 0 Å². The predicted octanol–water partition coefficient (Wildman–Crippen LogP) is 0.0997. The quantitative estimate of drug-likeness (QED) is 0.245. The molecule has 0 heterocycles. The molecule has 7 heavy (non-hydrogen) atoms. The number of hydrogen-bond acceptors (Lipinski definition) is 4. The molecule has 0 saturated heterocycles. The second kappa shape index (κ2) is 10.1. The Kier molecular flexibility index (Phi) is 15.8. The molecule has 5 heteroatoms. The third kappa shape index (κ3) is 11.0. The first-order chi connectivity index (χ1) is 2.91. The van der Waals surface area contributed by atoms with Crippen LogP contribution < -0.4 is 0 Å². The zero-order valence-corrected chi connectivity index (χ0v) is 4.42. The van der Waals surface area contributed by atoms with Crippen LogP contribution in [0.3, 0.4) is 0 Å². The van der Waals surface area contributed by atoms with Crippen LogP contribution in [0.15, 0.2) is 0 Å². The van der Waals surface area contributed by atoms with Crippen molar-refractivity contribution in [2.24, 2.45) is 0 Å². The SMILES string of the molecule is O=CSSC=O.[NaH]. The van der Waals surface area contributed by atoms with Gasteiger partial charge in [-0.1, -0.05) is 0 Å². The summed E-state index contributed by atoms with van der Waals surface area (Å²) in [5, 5.41) is 0. The molecule has 0 aliphatic rings. The third-order valence-electron chi connectivity index (χ3n) is 0.134. The molecule has 0 spiro atoms. The molecule has 0 aromatic carbocycles. The van der Waals surface area contributed by atoms with E-state index in [0.29, 0.717) is 11.2 Å². The third-order valence-corrected chi connectivity index (χ3v) is 1.21. The van der Waals surface area contributed by atoms with Crippen molar-refractivity contribution in [3.63, 3.8) is 0 Å². The standard InChI is InChI=1S/C2H2O2S2.Na.H/c3-1-5-6-2-4;;/h1-2H;;. The fourth-order valence-electron chi connectivity index (χ4n) is 0.0454. The maximum absolute atomic E-state index is 9.35. The van der Waals surface area contributed by atoms with E-state index in [1.165, 1.54) is 0 Å². The topological polar surface area (TPSA) is 34.1 Å². The summed E-state index contributed by atoms with van der Waals surface area (Å²) >= 11 is 0. The summed E-state index contributed by atoms with van der Waals surface area (Å²) in [5.74, 6) is 0. The van der Waals surface area contributed by atoms with Gasteiger partial charge in [0.05, 0.1) is 0 Å². The molecule has 0 N–H and O–H groups in total. The zero-order chi connectivity index (χ0) is 4.83. The second-order valence-electron chi connectivity index (χ2n) is 0.385. The van der Waals surface area contributed by atoms with Crippen LogP contribution in [0.4, 0.5) is 0 Å². The van der Waals surface area contributed by atoms with Crippen molar-refractivity contribution in [3.8, 4) is 0 Å². The second-order valence-corrected chi connectivity index (χ2v) is 2.31. The van der Waals surface area contributed by atoms with E-state index in [1.54, 1.807) is 0 Å². The molecule has 0 amide bonds. The van der Waals surface area contributed by atoms with Gasteiger partial charge >= 0.3 is 29.6 Å². The number of rotatable bonds is 3. The van der Waals surface area contributed by atoms with Gasteiger partial charge in [-0.2, -0.15) is 0 Å². The molecule has 0 radical (unpaired) electrons. The van der Waals surface area contributed by atoms with E-state index in [1.807, 2.05) is 0 Å². The Labute approximate surface area is 71.5 Å². The maximum atomic E-state index is 9.35. The van der Waals surface area contributed by atoms with Gasteiger partial charge in [-0.15, -0.1) is 0 Å². The monoisotopic (exact) mass is 146 g/mol. The van der Waals surface area contributed by atoms with Crippen LogP contribution in [0.2, 0.25) is 0 Å². The molecule has 0 atom stereocenters. The van der Waals surface area contributed by atoms with Gasteiger partial charge in [0, 0.05) is 0 Å². The van der Waals surface area contributed by atoms with Crippen molar-refractivity contribution in [1.29, 1.82) is 0 Å². The Morgan fingerprint density at radius 2 is 1.29 bits per heavy atom. The molecule has 0 aliphatic carbocycles.